The average Bonchev–Trinajstić information content (AvgIpc) is 3.33. The molecule has 9 heteroatoms. The molecule has 3 aromatic rings. The lowest BCUT2D eigenvalue weighted by molar-refractivity contribution is 0.0425. The minimum atomic E-state index is -0.543. The van der Waals surface area contributed by atoms with Crippen molar-refractivity contribution >= 4 is 40.3 Å². The molecule has 4 heterocycles. The van der Waals surface area contributed by atoms with Crippen molar-refractivity contribution in [3.63, 3.8) is 0 Å². The van der Waals surface area contributed by atoms with Crippen LogP contribution in [0.5, 0.6) is 0 Å². The van der Waals surface area contributed by atoms with Crippen molar-refractivity contribution in [2.75, 3.05) is 18.0 Å². The highest BCUT2D eigenvalue weighted by Gasteiger charge is 2.49. The van der Waals surface area contributed by atoms with Crippen LogP contribution < -0.4 is 10.2 Å². The predicted octanol–water partition coefficient (Wildman–Crippen LogP) is 4.14. The second-order valence-electron chi connectivity index (χ2n) is 9.68. The first-order valence-electron chi connectivity index (χ1n) is 10.9. The van der Waals surface area contributed by atoms with E-state index in [0.717, 1.165) is 53.2 Å². The van der Waals surface area contributed by atoms with Gasteiger partial charge in [-0.05, 0) is 74.3 Å². The Morgan fingerprint density at radius 2 is 2.00 bits per heavy atom. The number of nitrogens with one attached hydrogen (secondary N) is 1. The summed E-state index contributed by atoms with van der Waals surface area (Å²) in [6, 6.07) is 3.94. The van der Waals surface area contributed by atoms with E-state index in [9.17, 15) is 4.79 Å². The van der Waals surface area contributed by atoms with E-state index in [2.05, 4.69) is 53.2 Å². The van der Waals surface area contributed by atoms with E-state index in [1.54, 1.807) is 0 Å². The molecule has 168 valence electrons. The van der Waals surface area contributed by atoms with E-state index in [1.165, 1.54) is 5.56 Å². The number of pyridine rings is 1. The van der Waals surface area contributed by atoms with E-state index in [-0.39, 0.29) is 17.6 Å². The maximum Gasteiger partial charge on any atom is 0.408 e. The van der Waals surface area contributed by atoms with Crippen LogP contribution in [0.4, 0.5) is 10.7 Å². The van der Waals surface area contributed by atoms with Crippen LogP contribution in [0.2, 0.25) is 0 Å². The minimum absolute atomic E-state index is 0.0820. The maximum atomic E-state index is 12.7. The summed E-state index contributed by atoms with van der Waals surface area (Å²) in [5.74, 6) is 0.915. The molecule has 2 aliphatic rings. The van der Waals surface area contributed by atoms with Crippen LogP contribution in [0.15, 0.2) is 36.9 Å². The molecule has 0 aromatic carbocycles. The third-order valence-electron chi connectivity index (χ3n) is 6.42. The van der Waals surface area contributed by atoms with Gasteiger partial charge in [0, 0.05) is 43.3 Å². The summed E-state index contributed by atoms with van der Waals surface area (Å²) in [7, 11) is 0. The number of amides is 1. The predicted molar refractivity (Wildman–Crippen MR) is 130 cm³/mol. The lowest BCUT2D eigenvalue weighted by atomic mass is 9.73. The van der Waals surface area contributed by atoms with Crippen LogP contribution in [0.3, 0.4) is 0 Å². The van der Waals surface area contributed by atoms with E-state index in [4.69, 9.17) is 9.72 Å². The molecule has 5 rings (SSSR count). The van der Waals surface area contributed by atoms with Gasteiger partial charge >= 0.3 is 6.09 Å². The van der Waals surface area contributed by atoms with Gasteiger partial charge in [0.2, 0.25) is 5.95 Å². The molecule has 1 atom stereocenters. The van der Waals surface area contributed by atoms with Gasteiger partial charge in [-0.15, -0.1) is 0 Å². The van der Waals surface area contributed by atoms with Gasteiger partial charge in [-0.3, -0.25) is 9.38 Å². The number of piperidine rings is 1. The van der Waals surface area contributed by atoms with Gasteiger partial charge in [0.25, 0.3) is 0 Å². The molecule has 1 aliphatic carbocycles. The Bertz CT molecular complexity index is 1160. The monoisotopic (exact) mass is 546 g/mol. The molecule has 1 aliphatic heterocycles. The highest BCUT2D eigenvalue weighted by Crippen LogP contribution is 2.51. The second-order valence-corrected chi connectivity index (χ2v) is 10.8. The van der Waals surface area contributed by atoms with Crippen molar-refractivity contribution in [1.29, 1.82) is 0 Å². The fourth-order valence-electron chi connectivity index (χ4n) is 5.01. The Morgan fingerprint density at radius 1 is 1.22 bits per heavy atom. The molecule has 1 fully saturated rings. The first kappa shape index (κ1) is 21.4. The molecule has 1 spiro atoms. The molecule has 1 amide bonds. The summed E-state index contributed by atoms with van der Waals surface area (Å²) < 4.78 is 8.67. The highest BCUT2D eigenvalue weighted by molar-refractivity contribution is 14.1. The summed E-state index contributed by atoms with van der Waals surface area (Å²) in [4.78, 5) is 28.8. The van der Waals surface area contributed by atoms with Crippen molar-refractivity contribution in [2.24, 2.45) is 5.41 Å². The van der Waals surface area contributed by atoms with Crippen LogP contribution in [0, 0.1) is 8.99 Å². The summed E-state index contributed by atoms with van der Waals surface area (Å²) in [6.07, 6.45) is 9.84. The van der Waals surface area contributed by atoms with Gasteiger partial charge in [-0.1, -0.05) is 6.07 Å². The smallest absolute Gasteiger partial charge is 0.408 e. The average molecular weight is 546 g/mol. The quantitative estimate of drug-likeness (QED) is 0.487. The largest absolute Gasteiger partial charge is 0.444 e. The molecule has 0 saturated carbocycles. The minimum Gasteiger partial charge on any atom is -0.444 e. The number of hydrogen-bond acceptors (Lipinski definition) is 6. The van der Waals surface area contributed by atoms with E-state index in [0.29, 0.717) is 0 Å². The first-order valence-corrected chi connectivity index (χ1v) is 12.0. The molecule has 0 unspecified atom stereocenters. The zero-order valence-corrected chi connectivity index (χ0v) is 20.7. The third-order valence-corrected chi connectivity index (χ3v) is 7.18. The van der Waals surface area contributed by atoms with Gasteiger partial charge in [-0.2, -0.15) is 0 Å². The lowest BCUT2D eigenvalue weighted by Gasteiger charge is -2.43. The topological polar surface area (TPSA) is 84.6 Å². The molecule has 0 bridgehead atoms. The molecule has 0 radical (unpaired) electrons. The molecular weight excluding hydrogens is 519 g/mol. The van der Waals surface area contributed by atoms with Crippen molar-refractivity contribution in [3.8, 4) is 0 Å². The van der Waals surface area contributed by atoms with Crippen molar-refractivity contribution in [2.45, 2.75) is 51.7 Å². The Morgan fingerprint density at radius 3 is 2.75 bits per heavy atom. The second kappa shape index (κ2) is 7.86. The number of rotatable bonds is 2. The zero-order valence-electron chi connectivity index (χ0n) is 18.5. The Kier molecular flexibility index (Phi) is 5.26. The van der Waals surface area contributed by atoms with Crippen molar-refractivity contribution in [3.05, 3.63) is 51.7 Å². The SMILES string of the molecule is CC(C)(C)OC(=O)N[C@@H]1c2ncccc2CC12CCN(c1ncc(I)c3nccn13)CC2. The van der Waals surface area contributed by atoms with Gasteiger partial charge in [0.1, 0.15) is 5.60 Å². The zero-order chi connectivity index (χ0) is 22.5. The summed E-state index contributed by atoms with van der Waals surface area (Å²) in [5.41, 5.74) is 2.49. The van der Waals surface area contributed by atoms with E-state index >= 15 is 0 Å². The lowest BCUT2D eigenvalue weighted by Crippen LogP contribution is -2.48. The number of hydrogen-bond donors (Lipinski definition) is 1. The van der Waals surface area contributed by atoms with Crippen LogP contribution in [0.1, 0.15) is 50.9 Å². The van der Waals surface area contributed by atoms with E-state index < -0.39 is 5.60 Å². The van der Waals surface area contributed by atoms with E-state index in [1.807, 2.05) is 51.6 Å². The van der Waals surface area contributed by atoms with Crippen LogP contribution >= 0.6 is 22.6 Å². The molecular formula is C23H27IN6O2. The summed E-state index contributed by atoms with van der Waals surface area (Å²) in [6.45, 7) is 7.34. The number of nitrogens with zero attached hydrogens (tertiary/aromatic N) is 5. The van der Waals surface area contributed by atoms with Gasteiger partial charge in [-0.25, -0.2) is 14.8 Å². The first-order chi connectivity index (χ1) is 15.3. The standard InChI is InChI=1S/C23H27IN6O2/c1-22(2,3)32-21(31)28-18-17-15(5-4-8-25-17)13-23(18)6-10-29(11-7-23)20-27-14-16(24)19-26-9-12-30(19)20/h4-5,8-9,12,14,18H,6-7,10-11,13H2,1-3H3,(H,28,31)/t18-/m1/s1. The fraction of sp³-hybridized carbons (Fsp3) is 0.478. The number of alkyl carbamates (subject to hydrolysis) is 1. The van der Waals surface area contributed by atoms with Gasteiger partial charge < -0.3 is 15.0 Å². The summed E-state index contributed by atoms with van der Waals surface area (Å²) >= 11 is 2.27. The number of carbonyl (C=O) groups is 1. The Hall–Kier alpha value is -2.43. The van der Waals surface area contributed by atoms with Crippen molar-refractivity contribution < 1.29 is 9.53 Å². The normalized spacial score (nSPS) is 19.9. The molecule has 8 nitrogen and oxygen atoms in total. The fourth-order valence-corrected chi connectivity index (χ4v) is 5.54. The van der Waals surface area contributed by atoms with Crippen molar-refractivity contribution in [1.82, 2.24) is 24.7 Å². The van der Waals surface area contributed by atoms with Gasteiger partial charge in [0.05, 0.1) is 15.3 Å². The number of carbonyl (C=O) groups excluding carboxylic acids is 1. The molecule has 1 N–H and O–H groups in total. The number of anilines is 1. The number of imidazole rings is 1. The number of ether oxygens (including phenoxy) is 1. The highest BCUT2D eigenvalue weighted by atomic mass is 127. The molecule has 32 heavy (non-hydrogen) atoms. The van der Waals surface area contributed by atoms with Crippen LogP contribution in [-0.2, 0) is 11.2 Å². The third kappa shape index (κ3) is 3.80. The Labute approximate surface area is 200 Å². The molecule has 3 aromatic heterocycles. The molecule has 1 saturated heterocycles. The van der Waals surface area contributed by atoms with Gasteiger partial charge in [0.15, 0.2) is 5.65 Å². The van der Waals surface area contributed by atoms with Crippen LogP contribution in [0.25, 0.3) is 5.65 Å². The number of aromatic nitrogens is 4. The number of halogens is 1. The maximum absolute atomic E-state index is 12.7. The Balaban J connectivity index is 1.40. The van der Waals surface area contributed by atoms with Crippen LogP contribution in [-0.4, -0.2) is 44.1 Å². The number of fused-ring (bicyclic) bond motifs is 2. The summed E-state index contributed by atoms with van der Waals surface area (Å²) in [5, 5.41) is 3.17.